The number of hydrogen-bond acceptors (Lipinski definition) is 3. The van der Waals surface area contributed by atoms with Gasteiger partial charge in [0.15, 0.2) is 0 Å². The summed E-state index contributed by atoms with van der Waals surface area (Å²) in [5, 5.41) is 0. The van der Waals surface area contributed by atoms with Crippen LogP contribution in [0.5, 0.6) is 0 Å². The van der Waals surface area contributed by atoms with Gasteiger partial charge in [0.1, 0.15) is 0 Å². The van der Waals surface area contributed by atoms with E-state index in [-0.39, 0.29) is 8.74 Å². The molecule has 0 rings (SSSR count). The number of thiol groups is 2. The van der Waals surface area contributed by atoms with Gasteiger partial charge in [-0.05, 0) is 0 Å². The van der Waals surface area contributed by atoms with Crippen LogP contribution in [-0.4, -0.2) is 28.3 Å². The van der Waals surface area contributed by atoms with Crippen LogP contribution in [0.25, 0.3) is 0 Å². The third-order valence-corrected chi connectivity index (χ3v) is 5.47. The van der Waals surface area contributed by atoms with E-state index in [1.54, 1.807) is 0 Å². The van der Waals surface area contributed by atoms with E-state index in [1.807, 2.05) is 27.7 Å². The molecule has 64 valence electrons. The zero-order valence-corrected chi connectivity index (χ0v) is 11.1. The molecular formula is C6H14OS2Si2. The SMILES string of the molecule is CC(C)(S)[Si](O[Si])C(C)(C)S. The fraction of sp³-hybridized carbons (Fsp3) is 1.00. The summed E-state index contributed by atoms with van der Waals surface area (Å²) in [6.07, 6.45) is 0. The summed E-state index contributed by atoms with van der Waals surface area (Å²) in [5.41, 5.74) is 0. The fourth-order valence-electron chi connectivity index (χ4n) is 0.998. The van der Waals surface area contributed by atoms with Crippen molar-refractivity contribution in [3.63, 3.8) is 0 Å². The van der Waals surface area contributed by atoms with Crippen molar-refractivity contribution in [1.29, 1.82) is 0 Å². The van der Waals surface area contributed by atoms with E-state index < -0.39 is 9.04 Å². The highest BCUT2D eigenvalue weighted by Gasteiger charge is 2.39. The summed E-state index contributed by atoms with van der Waals surface area (Å²) in [5.74, 6) is 0. The monoisotopic (exact) mass is 222 g/mol. The molecule has 5 heteroatoms. The molecule has 0 N–H and O–H groups in total. The average molecular weight is 222 g/mol. The molecule has 0 aliphatic carbocycles. The van der Waals surface area contributed by atoms with Gasteiger partial charge in [-0.15, -0.1) is 0 Å². The lowest BCUT2D eigenvalue weighted by Gasteiger charge is -2.35. The van der Waals surface area contributed by atoms with Gasteiger partial charge in [-0.2, -0.15) is 25.3 Å². The molecule has 0 bridgehead atoms. The van der Waals surface area contributed by atoms with Crippen LogP contribution >= 0.6 is 25.3 Å². The van der Waals surface area contributed by atoms with Crippen molar-refractivity contribution < 1.29 is 4.12 Å². The van der Waals surface area contributed by atoms with Gasteiger partial charge >= 0.3 is 0 Å². The predicted octanol–water partition coefficient (Wildman–Crippen LogP) is 1.57. The first-order chi connectivity index (χ1) is 4.69. The molecule has 0 saturated heterocycles. The minimum absolute atomic E-state index is 0.0995. The first-order valence-electron chi connectivity index (χ1n) is 3.36. The molecule has 0 fully saturated rings. The molecule has 0 aliphatic rings. The van der Waals surface area contributed by atoms with Crippen molar-refractivity contribution in [3.8, 4) is 0 Å². The van der Waals surface area contributed by atoms with Crippen LogP contribution in [0, 0.1) is 0 Å². The molecule has 0 aromatic carbocycles. The summed E-state index contributed by atoms with van der Waals surface area (Å²) in [4.78, 5) is 0. The molecule has 0 amide bonds. The zero-order valence-electron chi connectivity index (χ0n) is 7.30. The summed E-state index contributed by atoms with van der Waals surface area (Å²) >= 11 is 8.93. The first kappa shape index (κ1) is 12.1. The Hall–Kier alpha value is 1.09. The molecule has 0 spiro atoms. The third-order valence-electron chi connectivity index (χ3n) is 1.21. The standard InChI is InChI=1S/C6H14OS2Si2/c1-5(2,8)11(7-10)6(3,4)9/h8-9H,1-4H3. The van der Waals surface area contributed by atoms with E-state index in [9.17, 15) is 0 Å². The molecule has 0 aromatic rings. The van der Waals surface area contributed by atoms with Crippen LogP contribution in [0.15, 0.2) is 0 Å². The largest absolute Gasteiger partial charge is 0.455 e. The van der Waals surface area contributed by atoms with Gasteiger partial charge < -0.3 is 4.12 Å². The second kappa shape index (κ2) is 3.87. The highest BCUT2D eigenvalue weighted by atomic mass is 32.1. The van der Waals surface area contributed by atoms with Gasteiger partial charge in [-0.1, -0.05) is 27.7 Å². The van der Waals surface area contributed by atoms with E-state index in [2.05, 4.69) is 35.7 Å². The Morgan fingerprint density at radius 3 is 1.36 bits per heavy atom. The molecule has 0 heterocycles. The minimum Gasteiger partial charge on any atom is -0.455 e. The van der Waals surface area contributed by atoms with Crippen molar-refractivity contribution in [1.82, 2.24) is 0 Å². The second-order valence-corrected chi connectivity index (χ2v) is 10.6. The van der Waals surface area contributed by atoms with Crippen molar-refractivity contribution in [2.24, 2.45) is 0 Å². The number of rotatable bonds is 3. The topological polar surface area (TPSA) is 9.23 Å². The smallest absolute Gasteiger partial charge is 0.230 e. The number of hydrogen-bond donors (Lipinski definition) is 2. The normalized spacial score (nSPS) is 14.2. The molecule has 0 aliphatic heterocycles. The van der Waals surface area contributed by atoms with Gasteiger partial charge in [0.05, 0.1) is 0 Å². The maximum Gasteiger partial charge on any atom is 0.230 e. The Balaban J connectivity index is 4.43. The second-order valence-electron chi connectivity index (χ2n) is 3.55. The lowest BCUT2D eigenvalue weighted by molar-refractivity contribution is 0.574. The molecular weight excluding hydrogens is 208 g/mol. The van der Waals surface area contributed by atoms with Gasteiger partial charge in [0.2, 0.25) is 19.5 Å². The minimum atomic E-state index is -1.07. The molecule has 11 heavy (non-hydrogen) atoms. The molecule has 0 saturated carbocycles. The molecule has 0 atom stereocenters. The summed E-state index contributed by atoms with van der Waals surface area (Å²) < 4.78 is 5.03. The maximum absolute atomic E-state index is 5.23. The van der Waals surface area contributed by atoms with Crippen LogP contribution in [-0.2, 0) is 4.12 Å². The summed E-state index contributed by atoms with van der Waals surface area (Å²) in [6, 6.07) is 0. The van der Waals surface area contributed by atoms with Crippen LogP contribution in [0.2, 0.25) is 0 Å². The highest BCUT2D eigenvalue weighted by Crippen LogP contribution is 2.28. The van der Waals surface area contributed by atoms with Gasteiger partial charge in [0, 0.05) is 8.74 Å². The van der Waals surface area contributed by atoms with E-state index in [0.717, 1.165) is 0 Å². The fourth-order valence-corrected chi connectivity index (χ4v) is 7.26. The van der Waals surface area contributed by atoms with Crippen molar-refractivity contribution in [2.45, 2.75) is 36.4 Å². The van der Waals surface area contributed by atoms with Crippen LogP contribution in [0.1, 0.15) is 27.7 Å². The lowest BCUT2D eigenvalue weighted by atomic mass is 10.5. The van der Waals surface area contributed by atoms with Crippen molar-refractivity contribution in [2.75, 3.05) is 0 Å². The summed E-state index contributed by atoms with van der Waals surface area (Å²) in [6.45, 7) is 8.18. The zero-order chi connectivity index (χ0) is 9.28. The van der Waals surface area contributed by atoms with Gasteiger partial charge in [0.25, 0.3) is 0 Å². The Kier molecular flexibility index (Phi) is 4.25. The Morgan fingerprint density at radius 2 is 1.36 bits per heavy atom. The first-order valence-corrected chi connectivity index (χ1v) is 6.07. The quantitative estimate of drug-likeness (QED) is 0.544. The van der Waals surface area contributed by atoms with Crippen LogP contribution in [0.4, 0.5) is 0 Å². The van der Waals surface area contributed by atoms with E-state index in [0.29, 0.717) is 0 Å². The van der Waals surface area contributed by atoms with Crippen molar-refractivity contribution >= 4 is 44.8 Å². The lowest BCUT2D eigenvalue weighted by Crippen LogP contribution is -2.51. The van der Waals surface area contributed by atoms with Gasteiger partial charge in [-0.25, -0.2) is 0 Å². The molecule has 1 nitrogen and oxygen atoms in total. The highest BCUT2D eigenvalue weighted by molar-refractivity contribution is 7.86. The molecule has 0 aromatic heterocycles. The van der Waals surface area contributed by atoms with E-state index >= 15 is 0 Å². The Bertz CT molecular complexity index is 114. The molecule has 4 radical (unpaired) electrons. The Labute approximate surface area is 85.4 Å². The molecule has 0 unspecified atom stereocenters. The average Bonchev–Trinajstić information content (AvgIpc) is 1.56. The van der Waals surface area contributed by atoms with Crippen LogP contribution < -0.4 is 0 Å². The summed E-state index contributed by atoms with van der Waals surface area (Å²) in [7, 11) is 2.01. The van der Waals surface area contributed by atoms with Crippen molar-refractivity contribution in [3.05, 3.63) is 0 Å². The van der Waals surface area contributed by atoms with Gasteiger partial charge in [-0.3, -0.25) is 0 Å². The van der Waals surface area contributed by atoms with E-state index in [4.69, 9.17) is 4.12 Å². The van der Waals surface area contributed by atoms with E-state index in [1.165, 1.54) is 0 Å². The maximum atomic E-state index is 5.23. The predicted molar refractivity (Wildman–Crippen MR) is 58.7 cm³/mol. The third kappa shape index (κ3) is 4.03. The Morgan fingerprint density at radius 1 is 1.09 bits per heavy atom. The van der Waals surface area contributed by atoms with Crippen LogP contribution in [0.3, 0.4) is 0 Å².